The average Bonchev–Trinajstić information content (AvgIpc) is 3.08. The van der Waals surface area contributed by atoms with Crippen LogP contribution >= 0.6 is 0 Å². The molecule has 1 aliphatic carbocycles. The molecule has 2 heterocycles. The molecule has 9 heteroatoms. The van der Waals surface area contributed by atoms with E-state index in [4.69, 9.17) is 5.11 Å². The fourth-order valence-electron chi connectivity index (χ4n) is 2.82. The summed E-state index contributed by atoms with van der Waals surface area (Å²) in [5, 5.41) is 11.6. The Bertz CT molecular complexity index is 613. The zero-order valence-corrected chi connectivity index (χ0v) is 11.3. The maximum Gasteiger partial charge on any atom is 0.408 e. The van der Waals surface area contributed by atoms with E-state index in [9.17, 15) is 18.4 Å². The molecule has 2 fully saturated rings. The first-order valence-corrected chi connectivity index (χ1v) is 6.69. The van der Waals surface area contributed by atoms with Gasteiger partial charge in [-0.2, -0.15) is 13.8 Å². The van der Waals surface area contributed by atoms with Crippen LogP contribution in [0.25, 0.3) is 0 Å². The van der Waals surface area contributed by atoms with Crippen molar-refractivity contribution in [1.29, 1.82) is 0 Å². The molecule has 3 rings (SSSR count). The Balaban J connectivity index is 1.68. The number of carbonyl (C=O) groups excluding carboxylic acids is 1. The summed E-state index contributed by atoms with van der Waals surface area (Å²) >= 11 is 0. The van der Waals surface area contributed by atoms with Gasteiger partial charge in [0.25, 0.3) is 0 Å². The van der Waals surface area contributed by atoms with Crippen LogP contribution in [0.4, 0.5) is 19.4 Å². The second-order valence-corrected chi connectivity index (χ2v) is 5.23. The van der Waals surface area contributed by atoms with Crippen LogP contribution in [-0.4, -0.2) is 45.7 Å². The van der Waals surface area contributed by atoms with E-state index in [-0.39, 0.29) is 23.7 Å². The van der Waals surface area contributed by atoms with Gasteiger partial charge in [-0.3, -0.25) is 9.69 Å². The van der Waals surface area contributed by atoms with Crippen LogP contribution in [0, 0.1) is 5.92 Å². The van der Waals surface area contributed by atoms with Gasteiger partial charge in [0.2, 0.25) is 11.8 Å². The van der Waals surface area contributed by atoms with Gasteiger partial charge in [-0.15, -0.1) is 0 Å². The molecule has 1 aromatic heterocycles. The molecule has 0 aromatic carbocycles. The average molecular weight is 313 g/mol. The monoisotopic (exact) mass is 313 g/mol. The van der Waals surface area contributed by atoms with E-state index in [1.165, 1.54) is 18.2 Å². The number of anilines is 1. The van der Waals surface area contributed by atoms with Gasteiger partial charge in [-0.25, -0.2) is 4.79 Å². The molecule has 0 radical (unpaired) electrons. The third-order valence-electron chi connectivity index (χ3n) is 3.81. The number of alkyl halides is 2. The Morgan fingerprint density at radius 1 is 1.41 bits per heavy atom. The van der Waals surface area contributed by atoms with Crippen molar-refractivity contribution in [1.82, 2.24) is 9.88 Å². The second kappa shape index (κ2) is 5.39. The van der Waals surface area contributed by atoms with Gasteiger partial charge >= 0.3 is 12.7 Å². The maximum absolute atomic E-state index is 12.2. The number of amides is 2. The zero-order valence-electron chi connectivity index (χ0n) is 11.3. The van der Waals surface area contributed by atoms with Crippen LogP contribution in [-0.2, 0) is 4.79 Å². The van der Waals surface area contributed by atoms with Crippen LogP contribution in [0.2, 0.25) is 0 Å². The summed E-state index contributed by atoms with van der Waals surface area (Å²) in [6.07, 6.45) is 0.120. The molecular formula is C13H13F2N3O4. The largest absolute Gasteiger partial charge is 0.465 e. The van der Waals surface area contributed by atoms with E-state index in [1.807, 2.05) is 0 Å². The topological polar surface area (TPSA) is 91.8 Å². The molecule has 22 heavy (non-hydrogen) atoms. The number of aromatic nitrogens is 1. The Morgan fingerprint density at radius 2 is 2.18 bits per heavy atom. The third-order valence-corrected chi connectivity index (χ3v) is 3.81. The summed E-state index contributed by atoms with van der Waals surface area (Å²) in [6.45, 7) is -3.01. The van der Waals surface area contributed by atoms with Crippen LogP contribution in [0.5, 0.6) is 5.88 Å². The minimum Gasteiger partial charge on any atom is -0.465 e. The first-order valence-electron chi connectivity index (χ1n) is 6.69. The highest BCUT2D eigenvalue weighted by Crippen LogP contribution is 2.47. The van der Waals surface area contributed by atoms with Gasteiger partial charge in [-0.05, 0) is 24.8 Å². The van der Waals surface area contributed by atoms with E-state index >= 15 is 0 Å². The van der Waals surface area contributed by atoms with Crippen molar-refractivity contribution in [2.24, 2.45) is 5.92 Å². The van der Waals surface area contributed by atoms with Crippen LogP contribution in [0.15, 0.2) is 18.2 Å². The first-order chi connectivity index (χ1) is 10.5. The number of ether oxygens (including phenoxy) is 1. The minimum absolute atomic E-state index is 0.0362. The lowest BCUT2D eigenvalue weighted by Crippen LogP contribution is -2.44. The van der Waals surface area contributed by atoms with E-state index in [0.717, 1.165) is 11.3 Å². The first kappa shape index (κ1) is 14.5. The standard InChI is InChI=1S/C13H13F2N3O4/c14-12(15)22-10-3-1-2-9(16-10)17-11(19)8-5-6-4-7(6)18(8)13(20)21/h1-3,6-8,12H,4-5H2,(H,20,21)(H,16,17,19). The number of carbonyl (C=O) groups is 2. The highest BCUT2D eigenvalue weighted by molar-refractivity contribution is 5.96. The van der Waals surface area contributed by atoms with Crippen molar-refractivity contribution < 1.29 is 28.2 Å². The van der Waals surface area contributed by atoms with E-state index in [1.54, 1.807) is 0 Å². The lowest BCUT2D eigenvalue weighted by atomic mass is 10.1. The molecule has 118 valence electrons. The van der Waals surface area contributed by atoms with Gasteiger partial charge in [0.15, 0.2) is 0 Å². The number of nitrogens with zero attached hydrogens (tertiary/aromatic N) is 2. The molecule has 0 bridgehead atoms. The predicted molar refractivity (Wildman–Crippen MR) is 69.7 cm³/mol. The number of hydrogen-bond acceptors (Lipinski definition) is 4. The molecule has 3 atom stereocenters. The fourth-order valence-corrected chi connectivity index (χ4v) is 2.82. The van der Waals surface area contributed by atoms with E-state index in [0.29, 0.717) is 6.42 Å². The number of fused-ring (bicyclic) bond motifs is 1. The Labute approximate surface area is 123 Å². The summed E-state index contributed by atoms with van der Waals surface area (Å²) in [5.74, 6) is -0.573. The number of carboxylic acid groups (broad SMARTS) is 1. The highest BCUT2D eigenvalue weighted by Gasteiger charge is 2.56. The molecule has 2 amide bonds. The summed E-state index contributed by atoms with van der Waals surface area (Å²) < 4.78 is 28.4. The Hall–Kier alpha value is -2.45. The van der Waals surface area contributed by atoms with Crippen LogP contribution < -0.4 is 10.1 Å². The normalized spacial score (nSPS) is 25.8. The summed E-state index contributed by atoms with van der Waals surface area (Å²) in [4.78, 5) is 28.3. The SMILES string of the molecule is O=C(Nc1cccc(OC(F)F)n1)C1CC2CC2N1C(=O)O. The highest BCUT2D eigenvalue weighted by atomic mass is 19.3. The molecular weight excluding hydrogens is 300 g/mol. The summed E-state index contributed by atoms with van der Waals surface area (Å²) in [6, 6.07) is 3.19. The molecule has 1 saturated heterocycles. The van der Waals surface area contributed by atoms with Crippen molar-refractivity contribution in [3.05, 3.63) is 18.2 Å². The van der Waals surface area contributed by atoms with Gasteiger partial charge in [0, 0.05) is 12.1 Å². The molecule has 3 unspecified atom stereocenters. The van der Waals surface area contributed by atoms with Crippen molar-refractivity contribution >= 4 is 17.8 Å². The number of likely N-dealkylation sites (tertiary alicyclic amines) is 1. The number of halogens is 2. The number of pyridine rings is 1. The molecule has 1 aliphatic heterocycles. The number of nitrogens with one attached hydrogen (secondary N) is 1. The predicted octanol–water partition coefficient (Wildman–Crippen LogP) is 1.76. The second-order valence-electron chi connectivity index (χ2n) is 5.23. The lowest BCUT2D eigenvalue weighted by molar-refractivity contribution is -0.120. The number of piperidine rings is 1. The smallest absolute Gasteiger partial charge is 0.408 e. The number of hydrogen-bond donors (Lipinski definition) is 2. The van der Waals surface area contributed by atoms with Gasteiger partial charge in [0.1, 0.15) is 11.9 Å². The molecule has 2 aliphatic rings. The van der Waals surface area contributed by atoms with E-state index < -0.39 is 24.7 Å². The minimum atomic E-state index is -3.01. The van der Waals surface area contributed by atoms with E-state index in [2.05, 4.69) is 15.0 Å². The maximum atomic E-state index is 12.2. The lowest BCUT2D eigenvalue weighted by Gasteiger charge is -2.23. The van der Waals surface area contributed by atoms with Crippen LogP contribution in [0.3, 0.4) is 0 Å². The summed E-state index contributed by atoms with van der Waals surface area (Å²) in [5.41, 5.74) is 0. The molecule has 1 saturated carbocycles. The van der Waals surface area contributed by atoms with Gasteiger partial charge in [0.05, 0.1) is 0 Å². The summed E-state index contributed by atoms with van der Waals surface area (Å²) in [7, 11) is 0. The quantitative estimate of drug-likeness (QED) is 0.884. The fraction of sp³-hybridized carbons (Fsp3) is 0.462. The molecule has 7 nitrogen and oxygen atoms in total. The third kappa shape index (κ3) is 2.78. The van der Waals surface area contributed by atoms with Gasteiger partial charge in [-0.1, -0.05) is 6.07 Å². The number of rotatable bonds is 4. The Kier molecular flexibility index (Phi) is 3.55. The van der Waals surface area contributed by atoms with Crippen molar-refractivity contribution in [2.45, 2.75) is 31.5 Å². The van der Waals surface area contributed by atoms with Gasteiger partial charge < -0.3 is 15.2 Å². The molecule has 1 aromatic rings. The Morgan fingerprint density at radius 3 is 2.86 bits per heavy atom. The zero-order chi connectivity index (χ0) is 15.9. The molecule has 0 spiro atoms. The van der Waals surface area contributed by atoms with Crippen molar-refractivity contribution in [3.63, 3.8) is 0 Å². The van der Waals surface area contributed by atoms with Crippen molar-refractivity contribution in [2.75, 3.05) is 5.32 Å². The van der Waals surface area contributed by atoms with Crippen LogP contribution in [0.1, 0.15) is 12.8 Å². The van der Waals surface area contributed by atoms with Crippen molar-refractivity contribution in [3.8, 4) is 5.88 Å². The molecule has 2 N–H and O–H groups in total.